The maximum absolute atomic E-state index is 12.5. The summed E-state index contributed by atoms with van der Waals surface area (Å²) in [6.45, 7) is 0. The van der Waals surface area contributed by atoms with Crippen LogP contribution in [-0.4, -0.2) is 13.1 Å². The van der Waals surface area contributed by atoms with Gasteiger partial charge in [-0.05, 0) is 34.5 Å². The van der Waals surface area contributed by atoms with Crippen molar-refractivity contribution in [1.29, 1.82) is 0 Å². The third kappa shape index (κ3) is 2.65. The molecule has 1 unspecified atom stereocenters. The molecule has 2 N–H and O–H groups in total. The quantitative estimate of drug-likeness (QED) is 0.634. The summed E-state index contributed by atoms with van der Waals surface area (Å²) in [7, 11) is 1.35. The van der Waals surface area contributed by atoms with Gasteiger partial charge in [-0.15, -0.1) is 0 Å². The van der Waals surface area contributed by atoms with Gasteiger partial charge >= 0.3 is 5.97 Å². The number of halogens is 1. The van der Waals surface area contributed by atoms with Gasteiger partial charge in [-0.3, -0.25) is 0 Å². The van der Waals surface area contributed by atoms with E-state index < -0.39 is 5.97 Å². The van der Waals surface area contributed by atoms with Crippen LogP contribution in [-0.2, 0) is 9.53 Å². The van der Waals surface area contributed by atoms with Crippen LogP contribution in [0.2, 0.25) is 0 Å². The fourth-order valence-electron chi connectivity index (χ4n) is 3.44. The maximum Gasteiger partial charge on any atom is 0.340 e. The molecule has 4 nitrogen and oxygen atoms in total. The van der Waals surface area contributed by atoms with Crippen LogP contribution in [0.4, 0.5) is 0 Å². The topological polar surface area (TPSA) is 61.5 Å². The van der Waals surface area contributed by atoms with Gasteiger partial charge in [0, 0.05) is 10.0 Å². The largest absolute Gasteiger partial charge is 0.465 e. The lowest BCUT2D eigenvalue weighted by Crippen LogP contribution is -2.27. The Bertz CT molecular complexity index is 1040. The minimum atomic E-state index is -0.492. The zero-order chi connectivity index (χ0) is 18.3. The van der Waals surface area contributed by atoms with E-state index >= 15 is 0 Å². The van der Waals surface area contributed by atoms with Gasteiger partial charge in [0.2, 0.25) is 5.88 Å². The van der Waals surface area contributed by atoms with Crippen molar-refractivity contribution in [3.8, 4) is 5.75 Å². The average Bonchev–Trinajstić information content (AvgIpc) is 2.67. The molecule has 130 valence electrons. The zero-order valence-electron chi connectivity index (χ0n) is 14.0. The Labute approximate surface area is 159 Å². The Morgan fingerprint density at radius 1 is 1.08 bits per heavy atom. The van der Waals surface area contributed by atoms with Gasteiger partial charge in [-0.25, -0.2) is 4.79 Å². The van der Waals surface area contributed by atoms with E-state index in [1.54, 1.807) is 0 Å². The normalized spacial score (nSPS) is 16.2. The van der Waals surface area contributed by atoms with Gasteiger partial charge in [0.05, 0.1) is 13.0 Å². The molecule has 0 fully saturated rings. The van der Waals surface area contributed by atoms with Crippen LogP contribution in [0.25, 0.3) is 10.8 Å². The van der Waals surface area contributed by atoms with Crippen LogP contribution in [0, 0.1) is 0 Å². The van der Waals surface area contributed by atoms with Crippen LogP contribution < -0.4 is 10.5 Å². The predicted molar refractivity (Wildman–Crippen MR) is 104 cm³/mol. The van der Waals surface area contributed by atoms with Crippen LogP contribution in [0.1, 0.15) is 17.0 Å². The Morgan fingerprint density at radius 2 is 1.81 bits per heavy atom. The fraction of sp³-hybridized carbons (Fsp3) is 0.0952. The number of ether oxygens (including phenoxy) is 2. The second-order valence-electron chi connectivity index (χ2n) is 6.05. The number of carbonyl (C=O) groups is 1. The molecule has 4 rings (SSSR count). The Kier molecular flexibility index (Phi) is 4.17. The number of rotatable bonds is 2. The van der Waals surface area contributed by atoms with Crippen molar-refractivity contribution >= 4 is 32.7 Å². The highest BCUT2D eigenvalue weighted by atomic mass is 79.9. The molecule has 0 amide bonds. The molecule has 0 aliphatic carbocycles. The van der Waals surface area contributed by atoms with E-state index in [4.69, 9.17) is 15.2 Å². The number of fused-ring (bicyclic) bond motifs is 3. The monoisotopic (exact) mass is 409 g/mol. The van der Waals surface area contributed by atoms with Crippen molar-refractivity contribution in [1.82, 2.24) is 0 Å². The number of nitrogens with two attached hydrogens (primary N) is 1. The summed E-state index contributed by atoms with van der Waals surface area (Å²) < 4.78 is 11.8. The van der Waals surface area contributed by atoms with Crippen LogP contribution in [0.15, 0.2) is 76.6 Å². The van der Waals surface area contributed by atoms with E-state index in [2.05, 4.69) is 15.9 Å². The maximum atomic E-state index is 12.5. The first-order valence-electron chi connectivity index (χ1n) is 8.13. The molecular formula is C21H16BrNO3. The van der Waals surface area contributed by atoms with E-state index in [-0.39, 0.29) is 11.8 Å². The lowest BCUT2D eigenvalue weighted by atomic mass is 9.80. The fourth-order valence-corrected chi connectivity index (χ4v) is 3.70. The average molecular weight is 410 g/mol. The lowest BCUT2D eigenvalue weighted by molar-refractivity contribution is -0.136. The standard InChI is InChI=1S/C21H16BrNO3/c1-25-21(24)19-17(13-6-9-14(22)10-7-13)18-15-5-3-2-4-12(15)8-11-16(18)26-20(19)23/h2-11,17H,23H2,1H3. The molecule has 0 bridgehead atoms. The van der Waals surface area contributed by atoms with Crippen LogP contribution in [0.3, 0.4) is 0 Å². The summed E-state index contributed by atoms with van der Waals surface area (Å²) in [5.74, 6) is -0.131. The van der Waals surface area contributed by atoms with Crippen molar-refractivity contribution in [2.45, 2.75) is 5.92 Å². The first-order valence-corrected chi connectivity index (χ1v) is 8.92. The van der Waals surface area contributed by atoms with Crippen molar-refractivity contribution in [2.24, 2.45) is 5.73 Å². The summed E-state index contributed by atoms with van der Waals surface area (Å²) >= 11 is 3.46. The summed E-state index contributed by atoms with van der Waals surface area (Å²) in [4.78, 5) is 12.5. The molecule has 5 heteroatoms. The zero-order valence-corrected chi connectivity index (χ0v) is 15.6. The molecule has 3 aromatic rings. The van der Waals surface area contributed by atoms with Gasteiger partial charge in [0.1, 0.15) is 11.3 Å². The first kappa shape index (κ1) is 16.7. The number of carbonyl (C=O) groups excluding carboxylic acids is 1. The van der Waals surface area contributed by atoms with Gasteiger partial charge in [0.25, 0.3) is 0 Å². The molecule has 0 spiro atoms. The van der Waals surface area contributed by atoms with E-state index in [9.17, 15) is 4.79 Å². The Morgan fingerprint density at radius 3 is 2.54 bits per heavy atom. The third-order valence-corrected chi connectivity index (χ3v) is 5.13. The van der Waals surface area contributed by atoms with Crippen molar-refractivity contribution in [3.05, 3.63) is 87.7 Å². The minimum absolute atomic E-state index is 0.0764. The second-order valence-corrected chi connectivity index (χ2v) is 6.97. The van der Waals surface area contributed by atoms with E-state index in [1.165, 1.54) is 7.11 Å². The smallest absolute Gasteiger partial charge is 0.340 e. The number of benzene rings is 3. The summed E-state index contributed by atoms with van der Waals surface area (Å²) in [5.41, 5.74) is 8.30. The number of hydrogen-bond acceptors (Lipinski definition) is 4. The van der Waals surface area contributed by atoms with E-state index in [1.807, 2.05) is 60.7 Å². The summed E-state index contributed by atoms with van der Waals surface area (Å²) in [6, 6.07) is 19.7. The van der Waals surface area contributed by atoms with Crippen LogP contribution >= 0.6 is 15.9 Å². The predicted octanol–water partition coefficient (Wildman–Crippen LogP) is 4.47. The molecule has 1 aliphatic heterocycles. The first-order chi connectivity index (χ1) is 12.6. The Hall–Kier alpha value is -2.79. The van der Waals surface area contributed by atoms with Crippen molar-refractivity contribution < 1.29 is 14.3 Å². The number of hydrogen-bond donors (Lipinski definition) is 1. The highest BCUT2D eigenvalue weighted by molar-refractivity contribution is 9.10. The lowest BCUT2D eigenvalue weighted by Gasteiger charge is -2.29. The molecule has 0 saturated heterocycles. The SMILES string of the molecule is COC(=O)C1=C(N)Oc2ccc3ccccc3c2C1c1ccc(Br)cc1. The molecule has 0 saturated carbocycles. The number of methoxy groups -OCH3 is 1. The number of esters is 1. The molecule has 1 aliphatic rings. The molecule has 1 atom stereocenters. The van der Waals surface area contributed by atoms with Gasteiger partial charge < -0.3 is 15.2 Å². The molecule has 26 heavy (non-hydrogen) atoms. The van der Waals surface area contributed by atoms with Gasteiger partial charge in [0.15, 0.2) is 0 Å². The molecular weight excluding hydrogens is 394 g/mol. The second kappa shape index (κ2) is 6.50. The Balaban J connectivity index is 2.04. The summed E-state index contributed by atoms with van der Waals surface area (Å²) in [6.07, 6.45) is 0. The van der Waals surface area contributed by atoms with Crippen molar-refractivity contribution in [3.63, 3.8) is 0 Å². The van der Waals surface area contributed by atoms with E-state index in [0.717, 1.165) is 26.4 Å². The molecule has 1 heterocycles. The summed E-state index contributed by atoms with van der Waals surface area (Å²) in [5, 5.41) is 2.09. The third-order valence-electron chi connectivity index (χ3n) is 4.60. The molecule has 0 aromatic heterocycles. The highest BCUT2D eigenvalue weighted by Gasteiger charge is 2.36. The minimum Gasteiger partial charge on any atom is -0.465 e. The highest BCUT2D eigenvalue weighted by Crippen LogP contribution is 2.46. The van der Waals surface area contributed by atoms with Crippen LogP contribution in [0.5, 0.6) is 5.75 Å². The van der Waals surface area contributed by atoms with Gasteiger partial charge in [-0.2, -0.15) is 0 Å². The molecule has 0 radical (unpaired) electrons. The van der Waals surface area contributed by atoms with Crippen molar-refractivity contribution in [2.75, 3.05) is 7.11 Å². The van der Waals surface area contributed by atoms with E-state index in [0.29, 0.717) is 11.3 Å². The van der Waals surface area contributed by atoms with Gasteiger partial charge in [-0.1, -0.05) is 58.4 Å². The molecule has 3 aromatic carbocycles.